The van der Waals surface area contributed by atoms with Crippen molar-refractivity contribution in [2.24, 2.45) is 10.9 Å². The number of aliphatic imine (C=N–C) groups is 1. The van der Waals surface area contributed by atoms with Gasteiger partial charge in [-0.3, -0.25) is 14.5 Å². The molecule has 3 N–H and O–H groups in total. The zero-order valence-corrected chi connectivity index (χ0v) is 27.9. The molecule has 2 aliphatic rings. The number of allylic oxidation sites excluding steroid dienone is 3. The number of carboxylic acids is 1. The molecule has 0 radical (unpaired) electrons. The average molecular weight is 664 g/mol. The number of carboxylic acid groups (broad SMARTS) is 1. The number of H-pyrrole nitrogens is 1. The predicted molar refractivity (Wildman–Crippen MR) is 191 cm³/mol. The number of amides is 1. The summed E-state index contributed by atoms with van der Waals surface area (Å²) in [7, 11) is 5.22. The quantitative estimate of drug-likeness (QED) is 0.172. The minimum absolute atomic E-state index is 0.0424. The fourth-order valence-corrected chi connectivity index (χ4v) is 5.62. The highest BCUT2D eigenvalue weighted by atomic mass is 16.5. The van der Waals surface area contributed by atoms with Crippen LogP contribution in [0.4, 0.5) is 11.4 Å². The number of methoxy groups -OCH3 is 1. The number of piperazine rings is 1. The van der Waals surface area contributed by atoms with Gasteiger partial charge < -0.3 is 29.7 Å². The second kappa shape index (κ2) is 16.1. The summed E-state index contributed by atoms with van der Waals surface area (Å²) >= 11 is 0. The van der Waals surface area contributed by atoms with Gasteiger partial charge in [0.25, 0.3) is 0 Å². The predicted octanol–water partition coefficient (Wildman–Crippen LogP) is 5.24. The number of esters is 1. The Morgan fingerprint density at radius 1 is 0.959 bits per heavy atom. The molecule has 1 aromatic heterocycles. The summed E-state index contributed by atoms with van der Waals surface area (Å²) in [6.07, 6.45) is 7.81. The molecule has 0 spiro atoms. The Morgan fingerprint density at radius 3 is 2.29 bits per heavy atom. The van der Waals surface area contributed by atoms with Crippen molar-refractivity contribution in [3.63, 3.8) is 0 Å². The van der Waals surface area contributed by atoms with Crippen LogP contribution in [0, 0.1) is 5.92 Å². The number of aromatic amines is 1. The maximum absolute atomic E-state index is 12.9. The van der Waals surface area contributed by atoms with Crippen LogP contribution in [0.1, 0.15) is 27.9 Å². The van der Waals surface area contributed by atoms with E-state index in [4.69, 9.17) is 14.8 Å². The molecule has 4 aromatic rings. The Kier molecular flexibility index (Phi) is 11.4. The molecule has 11 heteroatoms. The number of aliphatic carboxylic acids is 1. The van der Waals surface area contributed by atoms with E-state index in [1.54, 1.807) is 42.3 Å². The van der Waals surface area contributed by atoms with E-state index in [2.05, 4.69) is 21.8 Å². The lowest BCUT2D eigenvalue weighted by atomic mass is 10.00. The number of hydrogen-bond acceptors (Lipinski definition) is 8. The maximum atomic E-state index is 12.9. The number of nitrogens with zero attached hydrogens (tertiary/aromatic N) is 4. The first-order valence-electron chi connectivity index (χ1n) is 16.1. The van der Waals surface area contributed by atoms with Gasteiger partial charge >= 0.3 is 11.9 Å². The highest BCUT2D eigenvalue weighted by Crippen LogP contribution is 2.32. The van der Waals surface area contributed by atoms with Gasteiger partial charge in [-0.05, 0) is 49.9 Å². The summed E-state index contributed by atoms with van der Waals surface area (Å²) in [5, 5.41) is 20.1. The normalized spacial score (nSPS) is 16.6. The Balaban J connectivity index is 0.000000452. The molecule has 1 aliphatic carbocycles. The number of hydrogen-bond donors (Lipinski definition) is 3. The van der Waals surface area contributed by atoms with Gasteiger partial charge in [-0.1, -0.05) is 60.7 Å². The van der Waals surface area contributed by atoms with Gasteiger partial charge in [-0.15, -0.1) is 0 Å². The fraction of sp³-hybridized carbons (Fsp3) is 0.263. The maximum Gasteiger partial charge on any atom is 0.337 e. The number of benzene rings is 3. The molecule has 11 nitrogen and oxygen atoms in total. The topological polar surface area (TPSA) is 139 Å². The van der Waals surface area contributed by atoms with E-state index < -0.39 is 11.9 Å². The molecular weight excluding hydrogens is 622 g/mol. The van der Waals surface area contributed by atoms with Gasteiger partial charge in [0.2, 0.25) is 5.91 Å². The highest BCUT2D eigenvalue weighted by Gasteiger charge is 2.21. The number of carbonyl (C=O) groups excluding carboxylic acids is 2. The number of fused-ring (bicyclic) bond motifs is 1. The third-order valence-corrected chi connectivity index (χ3v) is 8.59. The third-order valence-electron chi connectivity index (χ3n) is 8.59. The molecule has 0 saturated carbocycles. The number of aromatic nitrogens is 1. The molecule has 3 aromatic carbocycles. The van der Waals surface area contributed by atoms with Crippen LogP contribution in [0.2, 0.25) is 0 Å². The van der Waals surface area contributed by atoms with E-state index in [9.17, 15) is 19.5 Å². The van der Waals surface area contributed by atoms with Crippen molar-refractivity contribution < 1.29 is 29.3 Å². The van der Waals surface area contributed by atoms with Gasteiger partial charge in [-0.2, -0.15) is 0 Å². The molecule has 1 aliphatic heterocycles. The van der Waals surface area contributed by atoms with E-state index in [-0.39, 0.29) is 17.7 Å². The van der Waals surface area contributed by atoms with Crippen molar-refractivity contribution >= 4 is 45.8 Å². The zero-order valence-electron chi connectivity index (χ0n) is 27.9. The zero-order chi connectivity index (χ0) is 34.9. The van der Waals surface area contributed by atoms with Crippen LogP contribution in [0.5, 0.6) is 5.88 Å². The summed E-state index contributed by atoms with van der Waals surface area (Å²) in [5.74, 6) is -1.50. The first kappa shape index (κ1) is 34.8. The summed E-state index contributed by atoms with van der Waals surface area (Å²) in [4.78, 5) is 49.2. The monoisotopic (exact) mass is 663 g/mol. The lowest BCUT2D eigenvalue weighted by Crippen LogP contribution is -2.48. The standard InChI is InChI=1S/C31H33N5O4.C7H8O2/c1-34-15-17-36(18-16-34)20-27(37)35(2)24-12-10-23(11-13-24)32-29(21-7-5-4-6-8-21)28-25-14-9-22(31(39)40-3)19-26(25)33-30(28)38;8-7(9)6-4-2-1-3-5-6/h4-14,19,33,38H,15-18,20H2,1-3H3;1-4,6H,5H2,(H,8,9). The molecule has 1 amide bonds. The first-order chi connectivity index (χ1) is 23.6. The third kappa shape index (κ3) is 8.69. The van der Waals surface area contributed by atoms with Crippen molar-refractivity contribution in [3.8, 4) is 5.88 Å². The minimum Gasteiger partial charge on any atom is -0.494 e. The average Bonchev–Trinajstić information content (AvgIpc) is 3.46. The summed E-state index contributed by atoms with van der Waals surface area (Å²) in [5.41, 5.74) is 4.34. The minimum atomic E-state index is -0.740. The number of aromatic hydroxyl groups is 1. The second-order valence-electron chi connectivity index (χ2n) is 12.0. The Labute approximate surface area is 285 Å². The van der Waals surface area contributed by atoms with Crippen LogP contribution < -0.4 is 4.90 Å². The Morgan fingerprint density at radius 2 is 1.67 bits per heavy atom. The lowest BCUT2D eigenvalue weighted by Gasteiger charge is -2.32. The van der Waals surface area contributed by atoms with Gasteiger partial charge in [0.1, 0.15) is 0 Å². The van der Waals surface area contributed by atoms with Crippen LogP contribution >= 0.6 is 0 Å². The summed E-state index contributed by atoms with van der Waals surface area (Å²) in [6.45, 7) is 4.09. The number of carbonyl (C=O) groups is 3. The van der Waals surface area contributed by atoms with Crippen LogP contribution in [0.15, 0.2) is 102 Å². The second-order valence-corrected chi connectivity index (χ2v) is 12.0. The largest absolute Gasteiger partial charge is 0.494 e. The number of rotatable bonds is 8. The van der Waals surface area contributed by atoms with Crippen LogP contribution in [0.25, 0.3) is 10.9 Å². The highest BCUT2D eigenvalue weighted by molar-refractivity contribution is 6.22. The molecule has 1 saturated heterocycles. The molecule has 0 bridgehead atoms. The van der Waals surface area contributed by atoms with Gasteiger partial charge in [0.15, 0.2) is 5.88 Å². The summed E-state index contributed by atoms with van der Waals surface area (Å²) in [6, 6.07) is 22.2. The smallest absolute Gasteiger partial charge is 0.337 e. The van der Waals surface area contributed by atoms with Crippen molar-refractivity contribution in [1.29, 1.82) is 0 Å². The molecular formula is C38H41N5O6. The van der Waals surface area contributed by atoms with Crippen molar-refractivity contribution in [1.82, 2.24) is 14.8 Å². The van der Waals surface area contributed by atoms with Gasteiger partial charge in [-0.25, -0.2) is 9.79 Å². The fourth-order valence-electron chi connectivity index (χ4n) is 5.62. The van der Waals surface area contributed by atoms with E-state index in [0.29, 0.717) is 41.0 Å². The molecule has 1 fully saturated rings. The number of nitrogens with one attached hydrogen (secondary N) is 1. The number of anilines is 1. The van der Waals surface area contributed by atoms with E-state index in [1.165, 1.54) is 7.11 Å². The van der Waals surface area contributed by atoms with Crippen molar-refractivity contribution in [3.05, 3.63) is 114 Å². The molecule has 254 valence electrons. The van der Waals surface area contributed by atoms with E-state index in [0.717, 1.165) is 42.8 Å². The molecule has 1 unspecified atom stereocenters. The van der Waals surface area contributed by atoms with Gasteiger partial charge in [0.05, 0.1) is 42.1 Å². The van der Waals surface area contributed by atoms with E-state index >= 15 is 0 Å². The van der Waals surface area contributed by atoms with Crippen LogP contribution in [-0.2, 0) is 14.3 Å². The summed E-state index contributed by atoms with van der Waals surface area (Å²) < 4.78 is 4.83. The molecule has 2 heterocycles. The Hall–Kier alpha value is -5.52. The number of ether oxygens (including phenoxy) is 1. The van der Waals surface area contributed by atoms with E-state index in [1.807, 2.05) is 66.7 Å². The molecule has 6 rings (SSSR count). The Bertz CT molecular complexity index is 1870. The van der Waals surface area contributed by atoms with Gasteiger partial charge in [0, 0.05) is 55.4 Å². The molecule has 1 atom stereocenters. The van der Waals surface area contributed by atoms with Crippen LogP contribution in [0.3, 0.4) is 0 Å². The number of likely N-dealkylation sites (N-methyl/N-ethyl adjacent to an activating group) is 2. The molecule has 49 heavy (non-hydrogen) atoms. The van der Waals surface area contributed by atoms with Crippen molar-refractivity contribution in [2.45, 2.75) is 6.42 Å². The van der Waals surface area contributed by atoms with Crippen LogP contribution in [-0.4, -0.2) is 102 Å². The SMILES string of the molecule is COC(=O)c1ccc2c(C(=Nc3ccc(N(C)C(=O)CN4CCN(C)CC4)cc3)c3ccccc3)c(O)[nH]c2c1.O=C(O)C1C=CC=CC1. The first-order valence-corrected chi connectivity index (χ1v) is 16.1. The lowest BCUT2D eigenvalue weighted by molar-refractivity contribution is -0.140. The van der Waals surface area contributed by atoms with Crippen molar-refractivity contribution in [2.75, 3.05) is 58.8 Å².